The maximum atomic E-state index is 13.4. The highest BCUT2D eigenvalue weighted by atomic mass is 19.1. The third-order valence-electron chi connectivity index (χ3n) is 6.21. The molecule has 0 radical (unpaired) electrons. The second-order valence-electron chi connectivity index (χ2n) is 8.26. The zero-order valence-electron chi connectivity index (χ0n) is 17.1. The van der Waals surface area contributed by atoms with Crippen LogP contribution in [0.3, 0.4) is 0 Å². The second kappa shape index (κ2) is 7.61. The van der Waals surface area contributed by atoms with Gasteiger partial charge in [0.1, 0.15) is 11.6 Å². The van der Waals surface area contributed by atoms with Gasteiger partial charge in [-0.05, 0) is 48.6 Å². The van der Waals surface area contributed by atoms with E-state index >= 15 is 0 Å². The summed E-state index contributed by atoms with van der Waals surface area (Å²) in [6.45, 7) is 3.84. The molecule has 1 fully saturated rings. The topological polar surface area (TPSA) is 80.1 Å². The van der Waals surface area contributed by atoms with E-state index in [1.807, 2.05) is 40.7 Å². The van der Waals surface area contributed by atoms with E-state index in [1.165, 1.54) is 18.2 Å². The lowest BCUT2D eigenvalue weighted by Crippen LogP contribution is -2.31. The Bertz CT molecular complexity index is 1170. The fourth-order valence-corrected chi connectivity index (χ4v) is 4.59. The number of carbonyl (C=O) groups is 2. The van der Waals surface area contributed by atoms with E-state index in [9.17, 15) is 14.0 Å². The van der Waals surface area contributed by atoms with Crippen molar-refractivity contribution in [3.05, 3.63) is 77.1 Å². The number of hydrogen-bond acceptors (Lipinski definition) is 4. The van der Waals surface area contributed by atoms with Gasteiger partial charge in [-0.1, -0.05) is 24.3 Å². The first kappa shape index (κ1) is 19.4. The fraction of sp³-hybridized carbons (Fsp3) is 0.304. The van der Waals surface area contributed by atoms with Crippen LogP contribution in [0.25, 0.3) is 0 Å². The minimum Gasteiger partial charge on any atom is -0.338 e. The van der Waals surface area contributed by atoms with Crippen molar-refractivity contribution in [2.75, 3.05) is 18.4 Å². The maximum Gasteiger partial charge on any atom is 0.293 e. The summed E-state index contributed by atoms with van der Waals surface area (Å²) in [5.41, 5.74) is 2.07. The van der Waals surface area contributed by atoms with Crippen LogP contribution in [0.2, 0.25) is 0 Å². The first-order valence-corrected chi connectivity index (χ1v) is 10.3. The highest BCUT2D eigenvalue weighted by Gasteiger charge is 2.41. The largest absolute Gasteiger partial charge is 0.338 e. The van der Waals surface area contributed by atoms with Gasteiger partial charge < -0.3 is 14.8 Å². The molecule has 3 aromatic rings. The van der Waals surface area contributed by atoms with Crippen LogP contribution in [0.15, 0.2) is 48.5 Å². The van der Waals surface area contributed by atoms with Crippen molar-refractivity contribution in [2.45, 2.75) is 19.9 Å². The number of halogens is 1. The highest BCUT2D eigenvalue weighted by Crippen LogP contribution is 2.33. The van der Waals surface area contributed by atoms with Crippen LogP contribution in [-0.4, -0.2) is 44.6 Å². The smallest absolute Gasteiger partial charge is 0.293 e. The third kappa shape index (κ3) is 3.58. The SMILES string of the molecule is Cc1ccccc1C(=O)N1C[C@H]2Cc3nnc(C(=O)Nc4cccc(F)c4)n3C[C@H]2C1. The molecular weight excluding hydrogens is 397 g/mol. The van der Waals surface area contributed by atoms with Gasteiger partial charge in [-0.2, -0.15) is 0 Å². The van der Waals surface area contributed by atoms with Crippen molar-refractivity contribution >= 4 is 17.5 Å². The maximum absolute atomic E-state index is 13.4. The van der Waals surface area contributed by atoms with Crippen LogP contribution >= 0.6 is 0 Å². The van der Waals surface area contributed by atoms with Gasteiger partial charge in [0.15, 0.2) is 0 Å². The van der Waals surface area contributed by atoms with Crippen molar-refractivity contribution in [3.8, 4) is 0 Å². The van der Waals surface area contributed by atoms with E-state index in [1.54, 1.807) is 6.07 Å². The van der Waals surface area contributed by atoms with Gasteiger partial charge in [-0.15, -0.1) is 10.2 Å². The number of aryl methyl sites for hydroxylation is 1. The molecule has 2 amide bonds. The molecule has 0 aliphatic carbocycles. The number of carbonyl (C=O) groups excluding carboxylic acids is 2. The van der Waals surface area contributed by atoms with E-state index < -0.39 is 11.7 Å². The summed E-state index contributed by atoms with van der Waals surface area (Å²) in [6, 6.07) is 13.4. The average molecular weight is 419 g/mol. The molecule has 1 N–H and O–H groups in total. The summed E-state index contributed by atoms with van der Waals surface area (Å²) in [5, 5.41) is 11.0. The summed E-state index contributed by atoms with van der Waals surface area (Å²) in [5.74, 6) is 0.687. The predicted molar refractivity (Wildman–Crippen MR) is 112 cm³/mol. The Labute approximate surface area is 178 Å². The lowest BCUT2D eigenvalue weighted by Gasteiger charge is -2.25. The zero-order valence-corrected chi connectivity index (χ0v) is 17.1. The number of aromatic nitrogens is 3. The Balaban J connectivity index is 1.32. The van der Waals surface area contributed by atoms with Crippen molar-refractivity contribution in [3.63, 3.8) is 0 Å². The predicted octanol–water partition coefficient (Wildman–Crippen LogP) is 2.92. The number of nitrogens with one attached hydrogen (secondary N) is 1. The zero-order chi connectivity index (χ0) is 21.5. The van der Waals surface area contributed by atoms with Crippen LogP contribution in [0.1, 0.15) is 32.4 Å². The molecule has 1 aromatic heterocycles. The quantitative estimate of drug-likeness (QED) is 0.708. The van der Waals surface area contributed by atoms with E-state index in [0.717, 1.165) is 17.0 Å². The number of amides is 2. The number of fused-ring (bicyclic) bond motifs is 2. The summed E-state index contributed by atoms with van der Waals surface area (Å²) in [6.07, 6.45) is 0.669. The molecular formula is C23H22FN5O2. The molecule has 31 heavy (non-hydrogen) atoms. The van der Waals surface area contributed by atoms with E-state index in [0.29, 0.717) is 37.7 Å². The van der Waals surface area contributed by atoms with E-state index in [2.05, 4.69) is 15.5 Å². The molecule has 1 saturated heterocycles. The Hall–Kier alpha value is -3.55. The van der Waals surface area contributed by atoms with Gasteiger partial charge in [-0.3, -0.25) is 9.59 Å². The first-order valence-electron chi connectivity index (χ1n) is 10.3. The number of benzene rings is 2. The number of rotatable bonds is 3. The Morgan fingerprint density at radius 3 is 2.65 bits per heavy atom. The Morgan fingerprint density at radius 1 is 1.03 bits per heavy atom. The van der Waals surface area contributed by atoms with Crippen LogP contribution in [0.5, 0.6) is 0 Å². The molecule has 5 rings (SSSR count). The summed E-state index contributed by atoms with van der Waals surface area (Å²) >= 11 is 0. The molecule has 0 bridgehead atoms. The van der Waals surface area contributed by atoms with E-state index in [4.69, 9.17) is 0 Å². The normalized spacial score (nSPS) is 19.6. The van der Waals surface area contributed by atoms with Crippen molar-refractivity contribution in [1.82, 2.24) is 19.7 Å². The van der Waals surface area contributed by atoms with Crippen LogP contribution in [-0.2, 0) is 13.0 Å². The molecule has 7 nitrogen and oxygen atoms in total. The molecule has 0 saturated carbocycles. The second-order valence-corrected chi connectivity index (χ2v) is 8.26. The summed E-state index contributed by atoms with van der Waals surface area (Å²) in [4.78, 5) is 27.7. The molecule has 3 heterocycles. The number of nitrogens with zero attached hydrogens (tertiary/aromatic N) is 4. The minimum atomic E-state index is -0.423. The van der Waals surface area contributed by atoms with E-state index in [-0.39, 0.29) is 17.6 Å². The van der Waals surface area contributed by atoms with Crippen molar-refractivity contribution < 1.29 is 14.0 Å². The number of anilines is 1. The summed E-state index contributed by atoms with van der Waals surface area (Å²) < 4.78 is 15.2. The highest BCUT2D eigenvalue weighted by molar-refractivity contribution is 6.01. The van der Waals surface area contributed by atoms with Gasteiger partial charge in [0.05, 0.1) is 0 Å². The molecule has 2 aromatic carbocycles. The van der Waals surface area contributed by atoms with Gasteiger partial charge in [-0.25, -0.2) is 4.39 Å². The third-order valence-corrected chi connectivity index (χ3v) is 6.21. The van der Waals surface area contributed by atoms with Crippen LogP contribution in [0.4, 0.5) is 10.1 Å². The Morgan fingerprint density at radius 2 is 1.84 bits per heavy atom. The molecule has 2 aliphatic rings. The summed E-state index contributed by atoms with van der Waals surface area (Å²) in [7, 11) is 0. The fourth-order valence-electron chi connectivity index (χ4n) is 4.59. The van der Waals surface area contributed by atoms with Gasteiger partial charge in [0, 0.05) is 37.3 Å². The molecule has 2 aliphatic heterocycles. The Kier molecular flexibility index (Phi) is 4.77. The average Bonchev–Trinajstić information content (AvgIpc) is 3.35. The molecule has 8 heteroatoms. The van der Waals surface area contributed by atoms with Crippen LogP contribution in [0, 0.1) is 24.6 Å². The van der Waals surface area contributed by atoms with Crippen molar-refractivity contribution in [2.24, 2.45) is 11.8 Å². The van der Waals surface area contributed by atoms with Gasteiger partial charge in [0.2, 0.25) is 5.82 Å². The number of likely N-dealkylation sites (tertiary alicyclic amines) is 1. The first-order chi connectivity index (χ1) is 15.0. The van der Waals surface area contributed by atoms with Gasteiger partial charge >= 0.3 is 0 Å². The number of hydrogen-bond donors (Lipinski definition) is 1. The lowest BCUT2D eigenvalue weighted by molar-refractivity contribution is 0.0782. The molecule has 0 unspecified atom stereocenters. The lowest BCUT2D eigenvalue weighted by atomic mass is 9.89. The minimum absolute atomic E-state index is 0.0485. The van der Waals surface area contributed by atoms with Crippen LogP contribution < -0.4 is 5.32 Å². The monoisotopic (exact) mass is 419 g/mol. The van der Waals surface area contributed by atoms with Gasteiger partial charge in [0.25, 0.3) is 11.8 Å². The standard InChI is InChI=1S/C23H22FN5O2/c1-14-5-2-3-8-19(14)23(31)28-11-15-9-20-26-27-21(29(20)13-16(15)12-28)22(30)25-18-7-4-6-17(24)10-18/h2-8,10,15-16H,9,11-13H2,1H3,(H,25,30)/t15-,16-/m1/s1. The molecule has 0 spiro atoms. The van der Waals surface area contributed by atoms with Crippen molar-refractivity contribution in [1.29, 1.82) is 0 Å². The molecule has 2 atom stereocenters. The molecule has 158 valence electrons.